The number of hydrogen-bond donors (Lipinski definition) is 0. The van der Waals surface area contributed by atoms with Gasteiger partial charge in [0.1, 0.15) is 12.0 Å². The van der Waals surface area contributed by atoms with E-state index < -0.39 is 5.79 Å². The Hall–Kier alpha value is -1.43. The quantitative estimate of drug-likeness (QED) is 0.546. The van der Waals surface area contributed by atoms with Crippen molar-refractivity contribution in [2.45, 2.75) is 45.4 Å². The van der Waals surface area contributed by atoms with Crippen LogP contribution in [0.3, 0.4) is 0 Å². The molecule has 2 atom stereocenters. The number of hydrogen-bond acceptors (Lipinski definition) is 3. The van der Waals surface area contributed by atoms with Crippen LogP contribution in [-0.4, -0.2) is 28.8 Å². The second-order valence-electron chi connectivity index (χ2n) is 7.24. The number of fused-ring (bicyclic) bond motifs is 1. The second-order valence-corrected chi connectivity index (χ2v) is 7.24. The Morgan fingerprint density at radius 1 is 1.12 bits per heavy atom. The Morgan fingerprint density at radius 3 is 2.32 bits per heavy atom. The van der Waals surface area contributed by atoms with Crippen molar-refractivity contribution in [1.29, 1.82) is 0 Å². The van der Waals surface area contributed by atoms with Crippen LogP contribution in [0.4, 0.5) is 0 Å². The molecule has 0 unspecified atom stereocenters. The number of ether oxygens (including phenoxy) is 2. The van der Waals surface area contributed by atoms with E-state index in [0.29, 0.717) is 13.2 Å². The first kappa shape index (κ1) is 18.4. The highest BCUT2D eigenvalue weighted by Gasteiger charge is 2.69. The van der Waals surface area contributed by atoms with E-state index in [1.165, 1.54) is 11.1 Å². The number of benzene rings is 1. The highest BCUT2D eigenvalue weighted by molar-refractivity contribution is 5.44. The molecule has 0 saturated heterocycles. The lowest BCUT2D eigenvalue weighted by atomic mass is 9.58. The number of rotatable bonds is 4. The average Bonchev–Trinajstić information content (AvgIpc) is 2.93. The normalized spacial score (nSPS) is 24.4. The largest absolute Gasteiger partial charge is 1.00 e. The van der Waals surface area contributed by atoms with Crippen LogP contribution in [0.1, 0.15) is 56.6 Å². The van der Waals surface area contributed by atoms with Gasteiger partial charge in [-0.25, -0.2) is 4.57 Å². The molecule has 3 heterocycles. The molecule has 5 nitrogen and oxygen atoms in total. The van der Waals surface area contributed by atoms with E-state index in [0.717, 1.165) is 5.82 Å². The molecule has 0 radical (unpaired) electrons. The van der Waals surface area contributed by atoms with E-state index in [1.807, 2.05) is 31.9 Å². The summed E-state index contributed by atoms with van der Waals surface area (Å²) in [4.78, 5) is 0. The number of aryl methyl sites for hydroxylation is 1. The van der Waals surface area contributed by atoms with Crippen molar-refractivity contribution in [2.24, 2.45) is 12.5 Å². The zero-order chi connectivity index (χ0) is 17.1. The molecule has 5 rings (SSSR count). The van der Waals surface area contributed by atoms with Crippen LogP contribution in [0.5, 0.6) is 0 Å². The minimum atomic E-state index is -0.691. The van der Waals surface area contributed by atoms with E-state index in [2.05, 4.69) is 47.8 Å². The van der Waals surface area contributed by atoms with Crippen molar-refractivity contribution in [3.8, 4) is 0 Å². The summed E-state index contributed by atoms with van der Waals surface area (Å²) in [7, 11) is 2.00. The van der Waals surface area contributed by atoms with E-state index >= 15 is 0 Å². The molecule has 1 aliphatic carbocycles. The monoisotopic (exact) mass is 363 g/mol. The summed E-state index contributed by atoms with van der Waals surface area (Å²) < 4.78 is 17.1. The van der Waals surface area contributed by atoms with Crippen LogP contribution in [0.25, 0.3) is 0 Å². The maximum atomic E-state index is 6.42. The number of halogens is 1. The fourth-order valence-corrected chi connectivity index (χ4v) is 4.95. The molecule has 6 heteroatoms. The molecular formula is C19H26ClN3O2. The fraction of sp³-hybridized carbons (Fsp3) is 0.579. The van der Waals surface area contributed by atoms with E-state index in [1.54, 1.807) is 0 Å². The topological polar surface area (TPSA) is 40.2 Å². The lowest BCUT2D eigenvalue weighted by Crippen LogP contribution is -3.00. The van der Waals surface area contributed by atoms with Crippen molar-refractivity contribution < 1.29 is 26.4 Å². The van der Waals surface area contributed by atoms with Crippen molar-refractivity contribution in [1.82, 2.24) is 9.78 Å². The second kappa shape index (κ2) is 6.08. The molecule has 25 heavy (non-hydrogen) atoms. The Kier molecular flexibility index (Phi) is 4.46. The maximum Gasteiger partial charge on any atom is 0.265 e. The first-order valence-electron chi connectivity index (χ1n) is 8.79. The van der Waals surface area contributed by atoms with Gasteiger partial charge in [0.05, 0.1) is 12.5 Å². The first-order chi connectivity index (χ1) is 11.5. The van der Waals surface area contributed by atoms with Crippen molar-refractivity contribution in [3.63, 3.8) is 0 Å². The Bertz CT molecular complexity index is 781. The molecule has 2 bridgehead atoms. The van der Waals surface area contributed by atoms with Crippen molar-refractivity contribution >= 4 is 0 Å². The van der Waals surface area contributed by atoms with Crippen LogP contribution in [-0.2, 0) is 16.5 Å². The highest BCUT2D eigenvalue weighted by Crippen LogP contribution is 2.61. The van der Waals surface area contributed by atoms with Crippen LogP contribution in [0.2, 0.25) is 0 Å². The predicted molar refractivity (Wildman–Crippen MR) is 89.6 cm³/mol. The van der Waals surface area contributed by atoms with E-state index in [9.17, 15) is 0 Å². The molecule has 0 N–H and O–H groups in total. The number of aromatic nitrogens is 3. The number of nitrogens with zero attached hydrogens (tertiary/aromatic N) is 3. The van der Waals surface area contributed by atoms with Crippen molar-refractivity contribution in [3.05, 3.63) is 47.5 Å². The van der Waals surface area contributed by atoms with Crippen LogP contribution in [0.15, 0.2) is 30.6 Å². The Balaban J connectivity index is 0.00000182. The summed E-state index contributed by atoms with van der Waals surface area (Å²) in [6, 6.07) is 8.82. The zero-order valence-electron chi connectivity index (χ0n) is 15.5. The minimum absolute atomic E-state index is 0. The van der Waals surface area contributed by atoms with Gasteiger partial charge >= 0.3 is 0 Å². The third kappa shape index (κ3) is 2.09. The molecule has 2 aliphatic heterocycles. The molecule has 0 spiro atoms. The highest BCUT2D eigenvalue weighted by atomic mass is 35.5. The van der Waals surface area contributed by atoms with Gasteiger partial charge in [-0.1, -0.05) is 38.1 Å². The summed E-state index contributed by atoms with van der Waals surface area (Å²) in [5.74, 6) is 0.463. The van der Waals surface area contributed by atoms with Crippen LogP contribution < -0.4 is 17.0 Å². The molecule has 0 fully saturated rings. The summed E-state index contributed by atoms with van der Waals surface area (Å²) in [5, 5.41) is 4.54. The van der Waals surface area contributed by atoms with E-state index in [4.69, 9.17) is 9.47 Å². The van der Waals surface area contributed by atoms with Gasteiger partial charge < -0.3 is 21.9 Å². The van der Waals surface area contributed by atoms with Gasteiger partial charge in [-0.05, 0) is 25.0 Å². The van der Waals surface area contributed by atoms with Crippen LogP contribution >= 0.6 is 0 Å². The average molecular weight is 364 g/mol. The minimum Gasteiger partial charge on any atom is -1.00 e. The van der Waals surface area contributed by atoms with Gasteiger partial charge in [0.2, 0.25) is 5.82 Å². The SMILES string of the molecule is CCOC1(OCC)[C@H]2c3ccccc3[C@H]([n+]3cnn(C)c32)C1(C)C.[Cl-]. The van der Waals surface area contributed by atoms with Crippen molar-refractivity contribution in [2.75, 3.05) is 13.2 Å². The summed E-state index contributed by atoms with van der Waals surface area (Å²) in [6.45, 7) is 9.84. The lowest BCUT2D eigenvalue weighted by Gasteiger charge is -2.58. The molecule has 3 aliphatic rings. The van der Waals surface area contributed by atoms with Crippen LogP contribution in [0, 0.1) is 5.41 Å². The van der Waals surface area contributed by atoms with Gasteiger partial charge in [-0.2, -0.15) is 0 Å². The van der Waals surface area contributed by atoms with E-state index in [-0.39, 0.29) is 29.8 Å². The third-order valence-electron chi connectivity index (χ3n) is 5.76. The standard InChI is InChI=1S/C19H26N3O2.ClH/c1-6-23-19(24-7-2)15-13-10-8-9-11-14(13)16(18(19,3)4)22-12-20-21(5)17(15)22;/h8-12,15-16H,6-7H2,1-5H3;1H/q+1;/p-1/t15-,16-;/m0./s1. The Morgan fingerprint density at radius 2 is 1.72 bits per heavy atom. The van der Waals surface area contributed by atoms with Gasteiger partial charge in [0.25, 0.3) is 6.33 Å². The molecule has 0 saturated carbocycles. The first-order valence-corrected chi connectivity index (χ1v) is 8.79. The molecule has 136 valence electrons. The van der Waals surface area contributed by atoms with Gasteiger partial charge in [0, 0.05) is 18.3 Å². The lowest BCUT2D eigenvalue weighted by molar-refractivity contribution is -0.756. The smallest absolute Gasteiger partial charge is 0.265 e. The Labute approximate surface area is 155 Å². The summed E-state index contributed by atoms with van der Waals surface area (Å²) in [6.07, 6.45) is 1.95. The summed E-state index contributed by atoms with van der Waals surface area (Å²) in [5.41, 5.74) is 2.43. The van der Waals surface area contributed by atoms with Gasteiger partial charge in [-0.3, -0.25) is 0 Å². The summed E-state index contributed by atoms with van der Waals surface area (Å²) >= 11 is 0. The zero-order valence-corrected chi connectivity index (χ0v) is 16.2. The molecule has 2 aromatic rings. The molecule has 1 aromatic carbocycles. The van der Waals surface area contributed by atoms with Gasteiger partial charge in [-0.15, -0.1) is 4.68 Å². The molecular weight excluding hydrogens is 338 g/mol. The van der Waals surface area contributed by atoms with Gasteiger partial charge in [0.15, 0.2) is 5.79 Å². The maximum absolute atomic E-state index is 6.42. The fourth-order valence-electron chi connectivity index (χ4n) is 4.95. The third-order valence-corrected chi connectivity index (χ3v) is 5.76. The molecule has 1 aromatic heterocycles. The molecule has 0 amide bonds. The predicted octanol–water partition coefficient (Wildman–Crippen LogP) is -0.445.